The lowest BCUT2D eigenvalue weighted by Gasteiger charge is -2.27. The minimum Gasteiger partial charge on any atom is -0.464 e. The molecule has 0 saturated heterocycles. The summed E-state index contributed by atoms with van der Waals surface area (Å²) in [5.41, 5.74) is 0.365. The molecule has 0 heterocycles. The van der Waals surface area contributed by atoms with Gasteiger partial charge >= 0.3 is 12.2 Å². The summed E-state index contributed by atoms with van der Waals surface area (Å²) in [5.74, 6) is -0.697. The molecule has 0 spiro atoms. The highest BCUT2D eigenvalue weighted by Crippen LogP contribution is 2.20. The summed E-state index contributed by atoms with van der Waals surface area (Å²) in [5, 5.41) is 26.7. The normalized spacial score (nSPS) is 9.82. The molecule has 0 aromatic heterocycles. The highest BCUT2D eigenvalue weighted by molar-refractivity contribution is 6.25. The zero-order chi connectivity index (χ0) is 16.1. The number of rotatable bonds is 2. The molecule has 0 unspecified atom stereocenters. The van der Waals surface area contributed by atoms with Gasteiger partial charge in [0.05, 0.1) is 11.4 Å². The van der Waals surface area contributed by atoms with Gasteiger partial charge in [-0.3, -0.25) is 5.41 Å². The van der Waals surface area contributed by atoms with E-state index in [0.717, 1.165) is 0 Å². The van der Waals surface area contributed by atoms with Gasteiger partial charge in [-0.15, -0.1) is 0 Å². The molecule has 3 N–H and O–H groups in total. The molecular weight excluding hydrogens is 286 g/mol. The van der Waals surface area contributed by atoms with E-state index in [9.17, 15) is 19.8 Å². The predicted molar refractivity (Wildman–Crippen MR) is 81.6 cm³/mol. The number of guanidine groups is 1. The van der Waals surface area contributed by atoms with E-state index in [1.54, 1.807) is 36.4 Å². The molecule has 112 valence electrons. The summed E-state index contributed by atoms with van der Waals surface area (Å²) in [6.45, 7) is 0. The minimum absolute atomic E-state index is 0.183. The lowest BCUT2D eigenvalue weighted by molar-refractivity contribution is 0.204. The van der Waals surface area contributed by atoms with Crippen LogP contribution in [-0.4, -0.2) is 28.4 Å². The number of hydrogen-bond donors (Lipinski definition) is 3. The van der Waals surface area contributed by atoms with Crippen LogP contribution in [0, 0.1) is 5.41 Å². The summed E-state index contributed by atoms with van der Waals surface area (Å²) in [6, 6.07) is 15.7. The maximum Gasteiger partial charge on any atom is 0.418 e. The first-order chi connectivity index (χ1) is 10.5. The standard InChI is InChI=1S/C15H13N3O4/c16-13(17(14(19)20)11-7-3-1-4-8-11)18(15(21)22)12-9-5-2-6-10-12/h1-10,16H,(H,19,20)(H,21,22). The van der Waals surface area contributed by atoms with E-state index in [4.69, 9.17) is 5.41 Å². The third kappa shape index (κ3) is 3.04. The highest BCUT2D eigenvalue weighted by atomic mass is 16.4. The number of nitrogens with zero attached hydrogens (tertiary/aromatic N) is 2. The Morgan fingerprint density at radius 3 is 1.32 bits per heavy atom. The van der Waals surface area contributed by atoms with E-state index in [1.165, 1.54) is 24.3 Å². The summed E-state index contributed by atoms with van der Waals surface area (Å²) in [4.78, 5) is 24.1. The van der Waals surface area contributed by atoms with Crippen LogP contribution in [0.5, 0.6) is 0 Å². The average Bonchev–Trinajstić information content (AvgIpc) is 2.49. The number of para-hydroxylation sites is 2. The van der Waals surface area contributed by atoms with Gasteiger partial charge in [-0.1, -0.05) is 36.4 Å². The Hall–Kier alpha value is -3.35. The van der Waals surface area contributed by atoms with Crippen LogP contribution in [0.15, 0.2) is 60.7 Å². The molecule has 0 atom stereocenters. The topological polar surface area (TPSA) is 105 Å². The van der Waals surface area contributed by atoms with Gasteiger partial charge in [0.2, 0.25) is 5.96 Å². The van der Waals surface area contributed by atoms with Gasteiger partial charge in [-0.25, -0.2) is 19.4 Å². The smallest absolute Gasteiger partial charge is 0.418 e. The summed E-state index contributed by atoms with van der Waals surface area (Å²) in [7, 11) is 0. The molecule has 0 saturated carbocycles. The Morgan fingerprint density at radius 2 is 1.05 bits per heavy atom. The van der Waals surface area contributed by atoms with Crippen molar-refractivity contribution in [2.45, 2.75) is 0 Å². The van der Waals surface area contributed by atoms with Crippen LogP contribution in [0.4, 0.5) is 21.0 Å². The number of nitrogens with one attached hydrogen (secondary N) is 1. The van der Waals surface area contributed by atoms with E-state index in [2.05, 4.69) is 0 Å². The second-order valence-corrected chi connectivity index (χ2v) is 4.23. The number of benzene rings is 2. The van der Waals surface area contributed by atoms with Crippen molar-refractivity contribution in [3.63, 3.8) is 0 Å². The number of hydrogen-bond acceptors (Lipinski definition) is 3. The third-order valence-corrected chi connectivity index (χ3v) is 2.83. The van der Waals surface area contributed by atoms with E-state index in [1.807, 2.05) is 0 Å². The first kappa shape index (κ1) is 15.0. The Kier molecular flexibility index (Phi) is 4.38. The molecule has 7 heteroatoms. The fourth-order valence-electron chi connectivity index (χ4n) is 1.90. The molecule has 0 fully saturated rings. The Morgan fingerprint density at radius 1 is 0.727 bits per heavy atom. The number of anilines is 2. The van der Waals surface area contributed by atoms with Crippen LogP contribution in [-0.2, 0) is 0 Å². The van der Waals surface area contributed by atoms with Crippen molar-refractivity contribution in [1.82, 2.24) is 0 Å². The Labute approximate surface area is 126 Å². The van der Waals surface area contributed by atoms with Crippen molar-refractivity contribution >= 4 is 29.5 Å². The minimum atomic E-state index is -1.45. The molecule has 0 aliphatic rings. The van der Waals surface area contributed by atoms with Crippen LogP contribution in [0.2, 0.25) is 0 Å². The quantitative estimate of drug-likeness (QED) is 0.584. The van der Waals surface area contributed by atoms with Gasteiger partial charge in [0.25, 0.3) is 0 Å². The average molecular weight is 299 g/mol. The van der Waals surface area contributed by atoms with Gasteiger partial charge in [-0.2, -0.15) is 0 Å². The van der Waals surface area contributed by atoms with Gasteiger partial charge in [-0.05, 0) is 24.3 Å². The van der Waals surface area contributed by atoms with Crippen LogP contribution in [0.3, 0.4) is 0 Å². The van der Waals surface area contributed by atoms with Crippen LogP contribution in [0.1, 0.15) is 0 Å². The lowest BCUT2D eigenvalue weighted by Crippen LogP contribution is -2.49. The Balaban J connectivity index is 2.45. The molecule has 0 aliphatic carbocycles. The van der Waals surface area contributed by atoms with Crippen molar-refractivity contribution in [2.24, 2.45) is 0 Å². The third-order valence-electron chi connectivity index (χ3n) is 2.83. The second kappa shape index (κ2) is 6.40. The van der Waals surface area contributed by atoms with Crippen molar-refractivity contribution in [2.75, 3.05) is 9.80 Å². The molecule has 2 aromatic carbocycles. The maximum atomic E-state index is 11.5. The lowest BCUT2D eigenvalue weighted by atomic mass is 10.3. The first-order valence-electron chi connectivity index (χ1n) is 6.27. The van der Waals surface area contributed by atoms with Crippen molar-refractivity contribution in [3.05, 3.63) is 60.7 Å². The fourth-order valence-corrected chi connectivity index (χ4v) is 1.90. The van der Waals surface area contributed by atoms with E-state index in [-0.39, 0.29) is 11.4 Å². The van der Waals surface area contributed by atoms with Crippen LogP contribution in [0.25, 0.3) is 0 Å². The number of carboxylic acid groups (broad SMARTS) is 2. The second-order valence-electron chi connectivity index (χ2n) is 4.23. The fraction of sp³-hybridized carbons (Fsp3) is 0. The molecule has 0 radical (unpaired) electrons. The molecule has 2 aromatic rings. The monoisotopic (exact) mass is 299 g/mol. The van der Waals surface area contributed by atoms with Gasteiger partial charge in [0, 0.05) is 0 Å². The maximum absolute atomic E-state index is 11.5. The van der Waals surface area contributed by atoms with E-state index in [0.29, 0.717) is 9.80 Å². The predicted octanol–water partition coefficient (Wildman–Crippen LogP) is 3.29. The Bertz CT molecular complexity index is 629. The SMILES string of the molecule is N=C(N(C(=O)O)c1ccccc1)N(C(=O)O)c1ccccc1. The highest BCUT2D eigenvalue weighted by Gasteiger charge is 2.29. The zero-order valence-electron chi connectivity index (χ0n) is 11.4. The molecular formula is C15H13N3O4. The van der Waals surface area contributed by atoms with Crippen molar-refractivity contribution in [3.8, 4) is 0 Å². The van der Waals surface area contributed by atoms with Gasteiger partial charge in [0.1, 0.15) is 0 Å². The zero-order valence-corrected chi connectivity index (χ0v) is 11.4. The summed E-state index contributed by atoms with van der Waals surface area (Å²) < 4.78 is 0. The molecule has 0 aliphatic heterocycles. The molecule has 22 heavy (non-hydrogen) atoms. The molecule has 2 amide bonds. The van der Waals surface area contributed by atoms with Gasteiger partial charge < -0.3 is 10.2 Å². The van der Waals surface area contributed by atoms with Crippen molar-refractivity contribution < 1.29 is 19.8 Å². The largest absolute Gasteiger partial charge is 0.464 e. The van der Waals surface area contributed by atoms with E-state index < -0.39 is 18.1 Å². The molecule has 7 nitrogen and oxygen atoms in total. The van der Waals surface area contributed by atoms with Crippen LogP contribution < -0.4 is 9.80 Å². The van der Waals surface area contributed by atoms with E-state index >= 15 is 0 Å². The summed E-state index contributed by atoms with van der Waals surface area (Å²) >= 11 is 0. The molecule has 2 rings (SSSR count). The molecule has 0 bridgehead atoms. The number of amides is 2. The number of carbonyl (C=O) groups is 2. The van der Waals surface area contributed by atoms with Crippen molar-refractivity contribution in [1.29, 1.82) is 5.41 Å². The first-order valence-corrected chi connectivity index (χ1v) is 6.27. The van der Waals surface area contributed by atoms with Gasteiger partial charge in [0.15, 0.2) is 0 Å². The summed E-state index contributed by atoms with van der Waals surface area (Å²) in [6.07, 6.45) is -2.89. The van der Waals surface area contributed by atoms with Crippen LogP contribution >= 0.6 is 0 Å².